The summed E-state index contributed by atoms with van der Waals surface area (Å²) in [6, 6.07) is 0. The molecule has 0 aliphatic heterocycles. The van der Waals surface area contributed by atoms with Gasteiger partial charge in [0, 0.05) is 6.42 Å². The number of aliphatic carboxylic acids is 1. The molecule has 37 heavy (non-hydrogen) atoms. The molecule has 2 unspecified atom stereocenters. The molecule has 2 atom stereocenters. The number of carboxylic acid groups (broad SMARTS) is 1. The fraction of sp³-hybridized carbons (Fsp3) is 0.970. The molecule has 0 aromatic heterocycles. The Balaban J connectivity index is 3.28. The van der Waals surface area contributed by atoms with E-state index in [1.54, 1.807) is 0 Å². The summed E-state index contributed by atoms with van der Waals surface area (Å²) in [4.78, 5) is 10.5. The van der Waals surface area contributed by atoms with Gasteiger partial charge in [0.05, 0.1) is 12.2 Å². The SMILES string of the molecule is CCCCCCCCCCCCCCCCC(O)C(O)CCCCCCCCCCCCCCC(=O)O. The van der Waals surface area contributed by atoms with Gasteiger partial charge in [-0.3, -0.25) is 4.79 Å². The average Bonchev–Trinajstić information content (AvgIpc) is 2.88. The lowest BCUT2D eigenvalue weighted by Crippen LogP contribution is -2.25. The molecule has 0 fully saturated rings. The van der Waals surface area contributed by atoms with Gasteiger partial charge in [0.15, 0.2) is 0 Å². The molecule has 4 nitrogen and oxygen atoms in total. The fourth-order valence-electron chi connectivity index (χ4n) is 5.33. The van der Waals surface area contributed by atoms with Crippen molar-refractivity contribution < 1.29 is 20.1 Å². The van der Waals surface area contributed by atoms with E-state index in [4.69, 9.17) is 5.11 Å². The number of aliphatic hydroxyl groups excluding tert-OH is 2. The van der Waals surface area contributed by atoms with E-state index in [0.29, 0.717) is 6.42 Å². The van der Waals surface area contributed by atoms with Crippen LogP contribution in [0, 0.1) is 0 Å². The maximum absolute atomic E-state index is 10.5. The van der Waals surface area contributed by atoms with Gasteiger partial charge in [0.2, 0.25) is 0 Å². The van der Waals surface area contributed by atoms with Gasteiger partial charge in [0.1, 0.15) is 0 Å². The standard InChI is InChI=1S/C33H66O4/c1-2-3-4-5-6-7-8-9-10-13-16-19-22-25-28-31(34)32(35)29-26-23-20-17-14-11-12-15-18-21-24-27-30-33(36)37/h31-32,34-35H,2-30H2,1H3,(H,36,37). The van der Waals surface area contributed by atoms with Crippen molar-refractivity contribution >= 4 is 5.97 Å². The molecule has 0 rings (SSSR count). The van der Waals surface area contributed by atoms with E-state index >= 15 is 0 Å². The quantitative estimate of drug-likeness (QED) is 0.0785. The predicted molar refractivity (Wildman–Crippen MR) is 159 cm³/mol. The Morgan fingerprint density at radius 2 is 0.676 bits per heavy atom. The van der Waals surface area contributed by atoms with E-state index in [9.17, 15) is 15.0 Å². The fourth-order valence-corrected chi connectivity index (χ4v) is 5.33. The molecule has 0 amide bonds. The van der Waals surface area contributed by atoms with E-state index in [1.807, 2.05) is 0 Å². The second kappa shape index (κ2) is 29.9. The third-order valence-corrected chi connectivity index (χ3v) is 7.94. The van der Waals surface area contributed by atoms with Crippen LogP contribution in [0.3, 0.4) is 0 Å². The Bertz CT molecular complexity index is 454. The molecule has 0 bridgehead atoms. The summed E-state index contributed by atoms with van der Waals surface area (Å²) >= 11 is 0. The number of unbranched alkanes of at least 4 members (excludes halogenated alkanes) is 24. The third-order valence-electron chi connectivity index (χ3n) is 7.94. The normalized spacial score (nSPS) is 13.2. The monoisotopic (exact) mass is 526 g/mol. The van der Waals surface area contributed by atoms with Crippen molar-refractivity contribution in [1.82, 2.24) is 0 Å². The van der Waals surface area contributed by atoms with Gasteiger partial charge in [-0.25, -0.2) is 0 Å². The maximum atomic E-state index is 10.5. The lowest BCUT2D eigenvalue weighted by Gasteiger charge is -2.17. The van der Waals surface area contributed by atoms with Crippen LogP contribution in [0.4, 0.5) is 0 Å². The Labute approximate surface area is 231 Å². The molecule has 3 N–H and O–H groups in total. The first-order chi connectivity index (χ1) is 18.1. The van der Waals surface area contributed by atoms with Crippen molar-refractivity contribution in [3.05, 3.63) is 0 Å². The summed E-state index contributed by atoms with van der Waals surface area (Å²) in [6.07, 6.45) is 33.7. The van der Waals surface area contributed by atoms with Crippen LogP contribution >= 0.6 is 0 Å². The molecule has 222 valence electrons. The molecule has 0 saturated carbocycles. The number of hydrogen-bond donors (Lipinski definition) is 3. The molecule has 0 spiro atoms. The highest BCUT2D eigenvalue weighted by molar-refractivity contribution is 5.66. The highest BCUT2D eigenvalue weighted by atomic mass is 16.4. The van der Waals surface area contributed by atoms with Crippen LogP contribution in [0.2, 0.25) is 0 Å². The van der Waals surface area contributed by atoms with Gasteiger partial charge in [-0.05, 0) is 19.3 Å². The third kappa shape index (κ3) is 29.8. The highest BCUT2D eigenvalue weighted by Gasteiger charge is 2.15. The number of hydrogen-bond acceptors (Lipinski definition) is 3. The minimum atomic E-state index is -0.675. The van der Waals surface area contributed by atoms with Gasteiger partial charge in [-0.15, -0.1) is 0 Å². The van der Waals surface area contributed by atoms with Crippen LogP contribution in [0.25, 0.3) is 0 Å². The second-order valence-electron chi connectivity index (χ2n) is 11.7. The van der Waals surface area contributed by atoms with Crippen LogP contribution in [-0.4, -0.2) is 33.5 Å². The zero-order valence-electron chi connectivity index (χ0n) is 24.9. The number of carboxylic acids is 1. The molecule has 4 heteroatoms. The van der Waals surface area contributed by atoms with E-state index in [2.05, 4.69) is 6.92 Å². The molecular formula is C33H66O4. The van der Waals surface area contributed by atoms with Crippen LogP contribution < -0.4 is 0 Å². The summed E-state index contributed by atoms with van der Waals surface area (Å²) in [5.74, 6) is -0.675. The van der Waals surface area contributed by atoms with Gasteiger partial charge in [-0.2, -0.15) is 0 Å². The zero-order chi connectivity index (χ0) is 27.2. The van der Waals surface area contributed by atoms with Gasteiger partial charge < -0.3 is 15.3 Å². The van der Waals surface area contributed by atoms with Crippen molar-refractivity contribution in [3.8, 4) is 0 Å². The lowest BCUT2D eigenvalue weighted by atomic mass is 9.99. The maximum Gasteiger partial charge on any atom is 0.303 e. The summed E-state index contributed by atoms with van der Waals surface area (Å²) in [5, 5.41) is 29.1. The number of carbonyl (C=O) groups is 1. The summed E-state index contributed by atoms with van der Waals surface area (Å²) in [6.45, 7) is 2.28. The van der Waals surface area contributed by atoms with Gasteiger partial charge in [-0.1, -0.05) is 167 Å². The van der Waals surface area contributed by atoms with E-state index in [0.717, 1.165) is 44.9 Å². The van der Waals surface area contributed by atoms with Gasteiger partial charge in [0.25, 0.3) is 0 Å². The first-order valence-corrected chi connectivity index (χ1v) is 16.7. The number of aliphatic hydroxyl groups is 2. The Morgan fingerprint density at radius 1 is 0.432 bits per heavy atom. The predicted octanol–water partition coefficient (Wildman–Crippen LogP) is 10.1. The molecule has 0 aromatic carbocycles. The molecule has 0 aliphatic carbocycles. The second-order valence-corrected chi connectivity index (χ2v) is 11.7. The first-order valence-electron chi connectivity index (χ1n) is 16.7. The van der Waals surface area contributed by atoms with Crippen molar-refractivity contribution in [2.75, 3.05) is 0 Å². The van der Waals surface area contributed by atoms with E-state index in [1.165, 1.54) is 135 Å². The Kier molecular flexibility index (Phi) is 29.4. The first kappa shape index (κ1) is 36.4. The molecule has 0 heterocycles. The molecule has 0 aromatic rings. The van der Waals surface area contributed by atoms with Crippen LogP contribution in [-0.2, 0) is 4.79 Å². The summed E-state index contributed by atoms with van der Waals surface area (Å²) < 4.78 is 0. The summed E-state index contributed by atoms with van der Waals surface area (Å²) in [7, 11) is 0. The van der Waals surface area contributed by atoms with Crippen LogP contribution in [0.15, 0.2) is 0 Å². The largest absolute Gasteiger partial charge is 0.481 e. The molecular weight excluding hydrogens is 460 g/mol. The zero-order valence-corrected chi connectivity index (χ0v) is 24.9. The van der Waals surface area contributed by atoms with E-state index in [-0.39, 0.29) is 0 Å². The molecule has 0 aliphatic rings. The number of rotatable bonds is 31. The van der Waals surface area contributed by atoms with E-state index < -0.39 is 18.2 Å². The lowest BCUT2D eigenvalue weighted by molar-refractivity contribution is -0.137. The van der Waals surface area contributed by atoms with Gasteiger partial charge >= 0.3 is 5.97 Å². The smallest absolute Gasteiger partial charge is 0.303 e. The Hall–Kier alpha value is -0.610. The van der Waals surface area contributed by atoms with Crippen molar-refractivity contribution in [2.24, 2.45) is 0 Å². The average molecular weight is 527 g/mol. The topological polar surface area (TPSA) is 77.8 Å². The molecule has 0 radical (unpaired) electrons. The van der Waals surface area contributed by atoms with Crippen LogP contribution in [0.1, 0.15) is 193 Å². The van der Waals surface area contributed by atoms with Crippen LogP contribution in [0.5, 0.6) is 0 Å². The highest BCUT2D eigenvalue weighted by Crippen LogP contribution is 2.17. The van der Waals surface area contributed by atoms with Crippen molar-refractivity contribution in [1.29, 1.82) is 0 Å². The minimum Gasteiger partial charge on any atom is -0.481 e. The minimum absolute atomic E-state index is 0.315. The van der Waals surface area contributed by atoms with Crippen molar-refractivity contribution in [2.45, 2.75) is 205 Å². The summed E-state index contributed by atoms with van der Waals surface area (Å²) in [5.41, 5.74) is 0. The van der Waals surface area contributed by atoms with Crippen molar-refractivity contribution in [3.63, 3.8) is 0 Å². The Morgan fingerprint density at radius 3 is 0.946 bits per heavy atom. The molecule has 0 saturated heterocycles.